The Balaban J connectivity index is 2.23. The molecule has 2 nitrogen and oxygen atoms in total. The summed E-state index contributed by atoms with van der Waals surface area (Å²) >= 11 is 0. The molecule has 0 amide bonds. The topological polar surface area (TPSA) is 18.5 Å². The molecule has 0 aromatic carbocycles. The monoisotopic (exact) mass is 214 g/mol. The largest absolute Gasteiger partial charge is 0.350 e. The number of unbranched alkanes of at least 4 members (excludes halogenated alkanes) is 3. The Kier molecular flexibility index (Phi) is 5.07. The Morgan fingerprint density at radius 1 is 1.20 bits per heavy atom. The fraction of sp³-hybridized carbons (Fsp3) is 1.00. The Morgan fingerprint density at radius 3 is 2.53 bits per heavy atom. The molecule has 0 aromatic heterocycles. The molecule has 2 atom stereocenters. The van der Waals surface area contributed by atoms with Crippen LogP contribution in [0.1, 0.15) is 66.2 Å². The molecule has 2 heteroatoms. The van der Waals surface area contributed by atoms with E-state index in [-0.39, 0.29) is 11.9 Å². The second-order valence-corrected chi connectivity index (χ2v) is 5.31. The van der Waals surface area contributed by atoms with E-state index in [4.69, 9.17) is 9.47 Å². The van der Waals surface area contributed by atoms with Crippen molar-refractivity contribution in [3.63, 3.8) is 0 Å². The van der Waals surface area contributed by atoms with Crippen LogP contribution in [0.15, 0.2) is 0 Å². The number of hydrogen-bond donors (Lipinski definition) is 0. The molecule has 90 valence electrons. The van der Waals surface area contributed by atoms with E-state index in [1.807, 2.05) is 0 Å². The van der Waals surface area contributed by atoms with E-state index in [2.05, 4.69) is 27.7 Å². The van der Waals surface area contributed by atoms with Gasteiger partial charge in [0.1, 0.15) is 0 Å². The first-order chi connectivity index (χ1) is 7.03. The van der Waals surface area contributed by atoms with Gasteiger partial charge in [-0.3, -0.25) is 0 Å². The van der Waals surface area contributed by atoms with Crippen molar-refractivity contribution >= 4 is 0 Å². The highest BCUT2D eigenvalue weighted by Crippen LogP contribution is 2.29. The number of hydrogen-bond acceptors (Lipinski definition) is 2. The van der Waals surface area contributed by atoms with Crippen LogP contribution in [0, 0.1) is 0 Å². The average Bonchev–Trinajstić information content (AvgIpc) is 2.09. The molecule has 1 saturated heterocycles. The van der Waals surface area contributed by atoms with E-state index >= 15 is 0 Å². The van der Waals surface area contributed by atoms with Gasteiger partial charge in [-0.25, -0.2) is 0 Å². The van der Waals surface area contributed by atoms with Gasteiger partial charge in [0.05, 0.1) is 11.7 Å². The van der Waals surface area contributed by atoms with Crippen LogP contribution in [0.3, 0.4) is 0 Å². The Bertz CT molecular complexity index is 177. The Labute approximate surface area is 94.3 Å². The van der Waals surface area contributed by atoms with Crippen LogP contribution in [-0.2, 0) is 9.47 Å². The van der Waals surface area contributed by atoms with Gasteiger partial charge in [-0.1, -0.05) is 26.2 Å². The zero-order chi connectivity index (χ0) is 11.3. The maximum Gasteiger partial charge on any atom is 0.158 e. The normalized spacial score (nSPS) is 30.4. The predicted molar refractivity (Wildman–Crippen MR) is 62.9 cm³/mol. The third kappa shape index (κ3) is 4.98. The highest BCUT2D eigenvalue weighted by Gasteiger charge is 2.32. The molecule has 0 unspecified atom stereocenters. The zero-order valence-corrected chi connectivity index (χ0v) is 10.7. The molecule has 15 heavy (non-hydrogen) atoms. The van der Waals surface area contributed by atoms with Gasteiger partial charge in [0.15, 0.2) is 6.29 Å². The van der Waals surface area contributed by atoms with Gasteiger partial charge in [0.2, 0.25) is 0 Å². The van der Waals surface area contributed by atoms with E-state index in [0.29, 0.717) is 6.10 Å². The first-order valence-corrected chi connectivity index (χ1v) is 6.37. The summed E-state index contributed by atoms with van der Waals surface area (Å²) in [6.07, 6.45) is 7.55. The fourth-order valence-corrected chi connectivity index (χ4v) is 2.30. The number of ether oxygens (including phenoxy) is 2. The van der Waals surface area contributed by atoms with Gasteiger partial charge in [-0.15, -0.1) is 0 Å². The summed E-state index contributed by atoms with van der Waals surface area (Å²) in [6.45, 7) is 8.69. The Hall–Kier alpha value is -0.0800. The molecule has 0 radical (unpaired) electrons. The lowest BCUT2D eigenvalue weighted by Crippen LogP contribution is -2.42. The molecular weight excluding hydrogens is 188 g/mol. The lowest BCUT2D eigenvalue weighted by atomic mass is 9.99. The van der Waals surface area contributed by atoms with Gasteiger partial charge in [-0.05, 0) is 33.6 Å². The molecule has 1 rings (SSSR count). The van der Waals surface area contributed by atoms with Gasteiger partial charge < -0.3 is 9.47 Å². The minimum absolute atomic E-state index is 0.00686. The van der Waals surface area contributed by atoms with Crippen LogP contribution >= 0.6 is 0 Å². The fourth-order valence-electron chi connectivity index (χ4n) is 2.30. The summed E-state index contributed by atoms with van der Waals surface area (Å²) in [4.78, 5) is 0. The van der Waals surface area contributed by atoms with Crippen molar-refractivity contribution in [2.75, 3.05) is 0 Å². The van der Waals surface area contributed by atoms with Crippen LogP contribution in [0.5, 0.6) is 0 Å². The quantitative estimate of drug-likeness (QED) is 0.646. The second kappa shape index (κ2) is 5.86. The first kappa shape index (κ1) is 13.0. The van der Waals surface area contributed by atoms with Crippen molar-refractivity contribution < 1.29 is 9.47 Å². The zero-order valence-electron chi connectivity index (χ0n) is 10.7. The molecule has 0 aromatic rings. The van der Waals surface area contributed by atoms with Crippen LogP contribution in [0.4, 0.5) is 0 Å². The van der Waals surface area contributed by atoms with Gasteiger partial charge in [0.25, 0.3) is 0 Å². The van der Waals surface area contributed by atoms with Crippen LogP contribution in [0.2, 0.25) is 0 Å². The molecule has 0 saturated carbocycles. The summed E-state index contributed by atoms with van der Waals surface area (Å²) in [6, 6.07) is 0. The second-order valence-electron chi connectivity index (χ2n) is 5.31. The highest BCUT2D eigenvalue weighted by molar-refractivity contribution is 4.77. The summed E-state index contributed by atoms with van der Waals surface area (Å²) < 4.78 is 11.7. The van der Waals surface area contributed by atoms with Crippen LogP contribution in [-0.4, -0.2) is 18.0 Å². The van der Waals surface area contributed by atoms with Gasteiger partial charge in [-0.2, -0.15) is 0 Å². The lowest BCUT2D eigenvalue weighted by Gasteiger charge is -2.39. The molecule has 1 aliphatic rings. The molecule has 0 aliphatic carbocycles. The molecule has 1 aliphatic heterocycles. The van der Waals surface area contributed by atoms with Crippen molar-refractivity contribution in [3.05, 3.63) is 0 Å². The Morgan fingerprint density at radius 2 is 1.93 bits per heavy atom. The number of rotatable bonds is 5. The summed E-state index contributed by atoms with van der Waals surface area (Å²) in [5, 5.41) is 0. The first-order valence-electron chi connectivity index (χ1n) is 6.37. The third-order valence-electron chi connectivity index (χ3n) is 2.91. The van der Waals surface area contributed by atoms with Gasteiger partial charge >= 0.3 is 0 Å². The minimum atomic E-state index is -0.00686. The molecular formula is C13H26O2. The van der Waals surface area contributed by atoms with E-state index in [1.165, 1.54) is 25.7 Å². The van der Waals surface area contributed by atoms with Crippen molar-refractivity contribution in [3.8, 4) is 0 Å². The molecule has 1 fully saturated rings. The summed E-state index contributed by atoms with van der Waals surface area (Å²) in [7, 11) is 0. The smallest absolute Gasteiger partial charge is 0.158 e. The van der Waals surface area contributed by atoms with Crippen molar-refractivity contribution in [1.82, 2.24) is 0 Å². The maximum absolute atomic E-state index is 5.90. The van der Waals surface area contributed by atoms with Crippen molar-refractivity contribution in [2.24, 2.45) is 0 Å². The van der Waals surface area contributed by atoms with Gasteiger partial charge in [0, 0.05) is 6.42 Å². The van der Waals surface area contributed by atoms with Crippen molar-refractivity contribution in [1.29, 1.82) is 0 Å². The summed E-state index contributed by atoms with van der Waals surface area (Å²) in [5.74, 6) is 0. The van der Waals surface area contributed by atoms with E-state index in [9.17, 15) is 0 Å². The van der Waals surface area contributed by atoms with Crippen LogP contribution < -0.4 is 0 Å². The molecule has 0 spiro atoms. The average molecular weight is 214 g/mol. The molecule has 1 heterocycles. The summed E-state index contributed by atoms with van der Waals surface area (Å²) in [5.41, 5.74) is -0.00686. The third-order valence-corrected chi connectivity index (χ3v) is 2.91. The maximum atomic E-state index is 5.90. The van der Waals surface area contributed by atoms with E-state index < -0.39 is 0 Å². The SMILES string of the molecule is CCCCCC[C@@H]1O[C@H](C)CC(C)(C)O1. The minimum Gasteiger partial charge on any atom is -0.350 e. The van der Waals surface area contributed by atoms with E-state index in [0.717, 1.165) is 12.8 Å². The predicted octanol–water partition coefficient (Wildman–Crippen LogP) is 3.89. The van der Waals surface area contributed by atoms with Crippen LogP contribution in [0.25, 0.3) is 0 Å². The lowest BCUT2D eigenvalue weighted by molar-refractivity contribution is -0.270. The molecule has 0 bridgehead atoms. The van der Waals surface area contributed by atoms with E-state index in [1.54, 1.807) is 0 Å². The highest BCUT2D eigenvalue weighted by atomic mass is 16.7. The van der Waals surface area contributed by atoms with Crippen molar-refractivity contribution in [2.45, 2.75) is 84.2 Å². The molecule has 0 N–H and O–H groups in total. The standard InChI is InChI=1S/C13H26O2/c1-5-6-7-8-9-12-14-11(2)10-13(3,4)15-12/h11-12H,5-10H2,1-4H3/t11-,12-/m1/s1.